The van der Waals surface area contributed by atoms with Gasteiger partial charge in [-0.15, -0.1) is 0 Å². The van der Waals surface area contributed by atoms with E-state index in [2.05, 4.69) is 10.6 Å². The van der Waals surface area contributed by atoms with Gasteiger partial charge in [0.25, 0.3) is 0 Å². The first kappa shape index (κ1) is 16.4. The fourth-order valence-electron chi connectivity index (χ4n) is 1.73. The predicted molar refractivity (Wildman–Crippen MR) is 91.8 cm³/mol. The number of hydrogen-bond acceptors (Lipinski definition) is 4. The molecule has 0 atom stereocenters. The molecule has 0 aliphatic carbocycles. The highest BCUT2D eigenvalue weighted by Gasteiger charge is 2.04. The summed E-state index contributed by atoms with van der Waals surface area (Å²) in [7, 11) is 0. The van der Waals surface area contributed by atoms with Crippen LogP contribution in [0.2, 0.25) is 0 Å². The van der Waals surface area contributed by atoms with Crippen LogP contribution in [-0.2, 0) is 4.79 Å². The molecular weight excluding hydrogens is 314 g/mol. The Hall–Kier alpha value is -2.93. The number of rotatable bonds is 4. The van der Waals surface area contributed by atoms with E-state index in [1.807, 2.05) is 6.92 Å². The second-order valence-electron chi connectivity index (χ2n) is 4.67. The van der Waals surface area contributed by atoms with Gasteiger partial charge >= 0.3 is 0 Å². The van der Waals surface area contributed by atoms with Gasteiger partial charge in [-0.25, -0.2) is 0 Å². The summed E-state index contributed by atoms with van der Waals surface area (Å²) in [6.45, 7) is 1.82. The molecule has 2 amide bonds. The third-order valence-electron chi connectivity index (χ3n) is 2.82. The van der Waals surface area contributed by atoms with E-state index in [0.29, 0.717) is 17.0 Å². The number of nitrogens with two attached hydrogens (primary N) is 1. The largest absolute Gasteiger partial charge is 0.462 e. The van der Waals surface area contributed by atoms with Crippen molar-refractivity contribution in [1.29, 1.82) is 0 Å². The summed E-state index contributed by atoms with van der Waals surface area (Å²) in [6, 6.07) is 9.97. The standard InChI is InChI=1S/C16H15N3O3S/c1-10-2-7-13(22-10)8-9-14(20)19-16(23)18-12-5-3-11(4-6-12)15(17)21/h2-9H,1H3,(H2,17,21)(H2,18,19,20,23)/b9-8+. The molecule has 4 N–H and O–H groups in total. The van der Waals surface area contributed by atoms with Crippen LogP contribution in [-0.4, -0.2) is 16.9 Å². The molecule has 2 aromatic rings. The number of carbonyl (C=O) groups excluding carboxylic acids is 2. The van der Waals surface area contributed by atoms with Crippen molar-refractivity contribution in [1.82, 2.24) is 5.32 Å². The van der Waals surface area contributed by atoms with Gasteiger partial charge in [0.1, 0.15) is 11.5 Å². The summed E-state index contributed by atoms with van der Waals surface area (Å²) in [5, 5.41) is 5.48. The molecule has 0 spiro atoms. The monoisotopic (exact) mass is 329 g/mol. The smallest absolute Gasteiger partial charge is 0.250 e. The molecule has 2 rings (SSSR count). The Kier molecular flexibility index (Phi) is 5.27. The number of furan rings is 1. The van der Waals surface area contributed by atoms with Crippen molar-refractivity contribution in [2.45, 2.75) is 6.92 Å². The molecule has 0 saturated carbocycles. The first-order valence-corrected chi connectivity index (χ1v) is 7.11. The van der Waals surface area contributed by atoms with Gasteiger partial charge < -0.3 is 15.5 Å². The van der Waals surface area contributed by atoms with Crippen LogP contribution in [0.1, 0.15) is 21.9 Å². The molecule has 6 nitrogen and oxygen atoms in total. The molecule has 7 heteroatoms. The van der Waals surface area contributed by atoms with Crippen LogP contribution in [0.5, 0.6) is 0 Å². The summed E-state index contributed by atoms with van der Waals surface area (Å²) < 4.78 is 5.31. The number of primary amides is 1. The van der Waals surface area contributed by atoms with Crippen molar-refractivity contribution in [3.05, 3.63) is 59.6 Å². The second-order valence-corrected chi connectivity index (χ2v) is 5.07. The van der Waals surface area contributed by atoms with Gasteiger partial charge in [-0.05, 0) is 61.6 Å². The van der Waals surface area contributed by atoms with Crippen molar-refractivity contribution in [3.63, 3.8) is 0 Å². The lowest BCUT2D eigenvalue weighted by Gasteiger charge is -2.08. The van der Waals surface area contributed by atoms with Gasteiger partial charge in [0, 0.05) is 17.3 Å². The number of carbonyl (C=O) groups is 2. The minimum atomic E-state index is -0.509. The van der Waals surface area contributed by atoms with Gasteiger partial charge in [0.15, 0.2) is 5.11 Å². The lowest BCUT2D eigenvalue weighted by atomic mass is 10.2. The van der Waals surface area contributed by atoms with E-state index in [4.69, 9.17) is 22.4 Å². The molecule has 0 saturated heterocycles. The molecule has 0 aliphatic rings. The maximum atomic E-state index is 11.7. The van der Waals surface area contributed by atoms with E-state index < -0.39 is 5.91 Å². The van der Waals surface area contributed by atoms with E-state index in [-0.39, 0.29) is 11.0 Å². The first-order chi connectivity index (χ1) is 10.9. The molecule has 1 aromatic carbocycles. The number of hydrogen-bond donors (Lipinski definition) is 3. The highest BCUT2D eigenvalue weighted by molar-refractivity contribution is 7.80. The van der Waals surface area contributed by atoms with Crippen LogP contribution in [0.3, 0.4) is 0 Å². The minimum absolute atomic E-state index is 0.141. The zero-order chi connectivity index (χ0) is 16.8. The topological polar surface area (TPSA) is 97.4 Å². The van der Waals surface area contributed by atoms with Gasteiger partial charge in [-0.2, -0.15) is 0 Å². The van der Waals surface area contributed by atoms with Crippen molar-refractivity contribution >= 4 is 40.9 Å². The van der Waals surface area contributed by atoms with Crippen molar-refractivity contribution in [3.8, 4) is 0 Å². The van der Waals surface area contributed by atoms with Crippen molar-refractivity contribution in [2.75, 3.05) is 5.32 Å². The number of amides is 2. The third kappa shape index (κ3) is 5.08. The first-order valence-electron chi connectivity index (χ1n) is 6.70. The van der Waals surface area contributed by atoms with E-state index in [0.717, 1.165) is 5.76 Å². The normalized spacial score (nSPS) is 10.5. The summed E-state index contributed by atoms with van der Waals surface area (Å²) in [5.41, 5.74) is 6.18. The summed E-state index contributed by atoms with van der Waals surface area (Å²) in [4.78, 5) is 22.7. The molecule has 118 valence electrons. The molecule has 0 aliphatic heterocycles. The lowest BCUT2D eigenvalue weighted by Crippen LogP contribution is -2.32. The number of nitrogens with one attached hydrogen (secondary N) is 2. The van der Waals surface area contributed by atoms with E-state index >= 15 is 0 Å². The predicted octanol–water partition coefficient (Wildman–Crippen LogP) is 2.21. The quantitative estimate of drug-likeness (QED) is 0.590. The van der Waals surface area contributed by atoms with Crippen LogP contribution < -0.4 is 16.4 Å². The van der Waals surface area contributed by atoms with Crippen molar-refractivity contribution < 1.29 is 14.0 Å². The molecule has 1 heterocycles. The SMILES string of the molecule is Cc1ccc(/C=C/C(=O)NC(=S)Nc2ccc(C(N)=O)cc2)o1. The Morgan fingerprint density at radius 1 is 1.17 bits per heavy atom. The summed E-state index contributed by atoms with van der Waals surface area (Å²) in [6.07, 6.45) is 2.87. The second kappa shape index (κ2) is 7.37. The average Bonchev–Trinajstić information content (AvgIpc) is 2.91. The van der Waals surface area contributed by atoms with Crippen LogP contribution in [0.25, 0.3) is 6.08 Å². The fourth-order valence-corrected chi connectivity index (χ4v) is 1.95. The molecule has 0 bridgehead atoms. The Morgan fingerprint density at radius 2 is 1.87 bits per heavy atom. The van der Waals surface area contributed by atoms with E-state index in [1.165, 1.54) is 6.08 Å². The zero-order valence-corrected chi connectivity index (χ0v) is 13.1. The summed E-state index contributed by atoms with van der Waals surface area (Å²) >= 11 is 5.04. The Bertz CT molecular complexity index is 763. The number of aryl methyl sites for hydroxylation is 1. The van der Waals surface area contributed by atoms with Gasteiger partial charge in [0.2, 0.25) is 11.8 Å². The number of thiocarbonyl (C=S) groups is 1. The minimum Gasteiger partial charge on any atom is -0.462 e. The molecular formula is C16H15N3O3S. The Morgan fingerprint density at radius 3 is 2.43 bits per heavy atom. The fraction of sp³-hybridized carbons (Fsp3) is 0.0625. The highest BCUT2D eigenvalue weighted by atomic mass is 32.1. The average molecular weight is 329 g/mol. The summed E-state index contributed by atoms with van der Waals surface area (Å²) in [5.74, 6) is 0.455. The third-order valence-corrected chi connectivity index (χ3v) is 3.03. The highest BCUT2D eigenvalue weighted by Crippen LogP contribution is 2.09. The maximum absolute atomic E-state index is 11.7. The molecule has 0 radical (unpaired) electrons. The zero-order valence-electron chi connectivity index (χ0n) is 12.3. The lowest BCUT2D eigenvalue weighted by molar-refractivity contribution is -0.115. The number of anilines is 1. The van der Waals surface area contributed by atoms with Gasteiger partial charge in [-0.3, -0.25) is 14.9 Å². The van der Waals surface area contributed by atoms with Crippen LogP contribution in [0, 0.1) is 6.92 Å². The van der Waals surface area contributed by atoms with E-state index in [1.54, 1.807) is 42.5 Å². The molecule has 1 aromatic heterocycles. The van der Waals surface area contributed by atoms with E-state index in [9.17, 15) is 9.59 Å². The molecule has 23 heavy (non-hydrogen) atoms. The van der Waals surface area contributed by atoms with Gasteiger partial charge in [-0.1, -0.05) is 0 Å². The van der Waals surface area contributed by atoms with Crippen LogP contribution >= 0.6 is 12.2 Å². The Balaban J connectivity index is 1.87. The maximum Gasteiger partial charge on any atom is 0.250 e. The van der Waals surface area contributed by atoms with Crippen molar-refractivity contribution in [2.24, 2.45) is 5.73 Å². The van der Waals surface area contributed by atoms with Gasteiger partial charge in [0.05, 0.1) is 0 Å². The molecule has 0 unspecified atom stereocenters. The Labute approximate surface area is 138 Å². The molecule has 0 fully saturated rings. The van der Waals surface area contributed by atoms with Crippen LogP contribution in [0.15, 0.2) is 46.9 Å². The number of benzene rings is 1. The van der Waals surface area contributed by atoms with Crippen LogP contribution in [0.4, 0.5) is 5.69 Å².